The van der Waals surface area contributed by atoms with E-state index in [1.807, 2.05) is 0 Å². The first-order valence-corrected chi connectivity index (χ1v) is 9.94. The molecule has 0 spiro atoms. The molecular formula is C21H28N4O2. The van der Waals surface area contributed by atoms with Gasteiger partial charge in [-0.3, -0.25) is 4.79 Å². The first-order chi connectivity index (χ1) is 13.2. The number of nitrogens with one attached hydrogen (secondary N) is 1. The average molecular weight is 368 g/mol. The maximum atomic E-state index is 11.5. The Bertz CT molecular complexity index is 736. The van der Waals surface area contributed by atoms with Crippen molar-refractivity contribution < 1.29 is 9.90 Å². The van der Waals surface area contributed by atoms with Crippen LogP contribution in [0, 0.1) is 0 Å². The maximum Gasteiger partial charge on any atom is 0.311 e. The van der Waals surface area contributed by atoms with Crippen molar-refractivity contribution in [2.75, 3.05) is 11.9 Å². The SMILES string of the molecule is O=C(O)[C@H](CCCCCCCc1ccc2c(n1)NCCC2)c1cncnc1. The zero-order valence-electron chi connectivity index (χ0n) is 15.7. The van der Waals surface area contributed by atoms with Crippen molar-refractivity contribution in [2.24, 2.45) is 0 Å². The van der Waals surface area contributed by atoms with Crippen molar-refractivity contribution in [1.29, 1.82) is 0 Å². The third-order valence-electron chi connectivity index (χ3n) is 5.16. The molecule has 0 amide bonds. The van der Waals surface area contributed by atoms with Gasteiger partial charge in [0.15, 0.2) is 0 Å². The largest absolute Gasteiger partial charge is 0.481 e. The van der Waals surface area contributed by atoms with Crippen LogP contribution in [0.15, 0.2) is 30.9 Å². The molecule has 6 nitrogen and oxygen atoms in total. The Balaban J connectivity index is 1.33. The summed E-state index contributed by atoms with van der Waals surface area (Å²) in [5, 5.41) is 12.8. The predicted octanol–water partition coefficient (Wildman–Crippen LogP) is 3.98. The van der Waals surface area contributed by atoms with Gasteiger partial charge in [0.25, 0.3) is 0 Å². The van der Waals surface area contributed by atoms with Gasteiger partial charge in [-0.05, 0) is 43.7 Å². The highest BCUT2D eigenvalue weighted by atomic mass is 16.4. The summed E-state index contributed by atoms with van der Waals surface area (Å²) in [6, 6.07) is 4.37. The molecule has 3 heterocycles. The lowest BCUT2D eigenvalue weighted by Crippen LogP contribution is -2.14. The number of aromatic nitrogens is 3. The summed E-state index contributed by atoms with van der Waals surface area (Å²) in [6.45, 7) is 1.02. The summed E-state index contributed by atoms with van der Waals surface area (Å²) in [5.41, 5.74) is 3.19. The van der Waals surface area contributed by atoms with Crippen LogP contribution >= 0.6 is 0 Å². The van der Waals surface area contributed by atoms with Crippen LogP contribution in [-0.2, 0) is 17.6 Å². The number of nitrogens with zero attached hydrogens (tertiary/aromatic N) is 3. The molecule has 2 aromatic heterocycles. The standard InChI is InChI=1S/C21H28N4O2/c26-21(27)19(17-13-22-15-23-14-17)9-5-3-1-2-4-8-18-11-10-16-7-6-12-24-20(16)25-18/h10-11,13-15,19H,1-9,12H2,(H,24,25)(H,26,27)/t19-/m1/s1. The van der Waals surface area contributed by atoms with Crippen LogP contribution in [0.1, 0.15) is 67.7 Å². The Kier molecular flexibility index (Phi) is 7.13. The fourth-order valence-electron chi connectivity index (χ4n) is 3.62. The molecule has 27 heavy (non-hydrogen) atoms. The van der Waals surface area contributed by atoms with Crippen LogP contribution in [0.2, 0.25) is 0 Å². The molecule has 1 aliphatic heterocycles. The molecule has 144 valence electrons. The van der Waals surface area contributed by atoms with Crippen LogP contribution in [0.3, 0.4) is 0 Å². The smallest absolute Gasteiger partial charge is 0.311 e. The lowest BCUT2D eigenvalue weighted by molar-refractivity contribution is -0.139. The lowest BCUT2D eigenvalue weighted by Gasteiger charge is -2.17. The summed E-state index contributed by atoms with van der Waals surface area (Å²) in [4.78, 5) is 24.0. The quantitative estimate of drug-likeness (QED) is 0.617. The number of hydrogen-bond acceptors (Lipinski definition) is 5. The van der Waals surface area contributed by atoms with Crippen molar-refractivity contribution >= 4 is 11.8 Å². The number of unbranched alkanes of at least 4 members (excludes halogenated alkanes) is 4. The van der Waals surface area contributed by atoms with E-state index in [9.17, 15) is 9.90 Å². The molecule has 0 unspecified atom stereocenters. The Morgan fingerprint density at radius 3 is 2.70 bits per heavy atom. The summed E-state index contributed by atoms with van der Waals surface area (Å²) in [7, 11) is 0. The molecule has 0 saturated heterocycles. The fourth-order valence-corrected chi connectivity index (χ4v) is 3.62. The minimum Gasteiger partial charge on any atom is -0.481 e. The number of carbonyl (C=O) groups is 1. The van der Waals surface area contributed by atoms with Crippen LogP contribution < -0.4 is 5.32 Å². The highest BCUT2D eigenvalue weighted by molar-refractivity contribution is 5.75. The number of aryl methyl sites for hydroxylation is 2. The van der Waals surface area contributed by atoms with E-state index < -0.39 is 11.9 Å². The van der Waals surface area contributed by atoms with Crippen molar-refractivity contribution in [1.82, 2.24) is 15.0 Å². The van der Waals surface area contributed by atoms with Crippen molar-refractivity contribution in [3.05, 3.63) is 47.7 Å². The Labute approximate surface area is 160 Å². The topological polar surface area (TPSA) is 88.0 Å². The first-order valence-electron chi connectivity index (χ1n) is 9.94. The lowest BCUT2D eigenvalue weighted by atomic mass is 9.95. The molecule has 1 aliphatic rings. The first kappa shape index (κ1) is 19.3. The van der Waals surface area contributed by atoms with Gasteiger partial charge in [-0.25, -0.2) is 15.0 Å². The van der Waals surface area contributed by atoms with Crippen molar-refractivity contribution in [3.63, 3.8) is 0 Å². The molecule has 1 atom stereocenters. The Hall–Kier alpha value is -2.50. The van der Waals surface area contributed by atoms with Gasteiger partial charge in [-0.2, -0.15) is 0 Å². The zero-order valence-corrected chi connectivity index (χ0v) is 15.7. The third kappa shape index (κ3) is 5.74. The van der Waals surface area contributed by atoms with Crippen molar-refractivity contribution in [3.8, 4) is 0 Å². The monoisotopic (exact) mass is 368 g/mol. The van der Waals surface area contributed by atoms with Crippen LogP contribution in [-0.4, -0.2) is 32.6 Å². The minimum atomic E-state index is -0.795. The molecular weight excluding hydrogens is 340 g/mol. The van der Waals surface area contributed by atoms with Gasteiger partial charge in [0.2, 0.25) is 0 Å². The molecule has 2 aromatic rings. The molecule has 0 aliphatic carbocycles. The number of hydrogen-bond donors (Lipinski definition) is 2. The summed E-state index contributed by atoms with van der Waals surface area (Å²) in [5.74, 6) is -0.223. The minimum absolute atomic E-state index is 0.501. The van der Waals surface area contributed by atoms with E-state index in [1.165, 1.54) is 18.3 Å². The zero-order chi connectivity index (χ0) is 18.9. The second kappa shape index (κ2) is 10.00. The van der Waals surface area contributed by atoms with Crippen molar-refractivity contribution in [2.45, 2.75) is 63.7 Å². The number of aliphatic carboxylic acids is 1. The number of fused-ring (bicyclic) bond motifs is 1. The Morgan fingerprint density at radius 2 is 1.89 bits per heavy atom. The Morgan fingerprint density at radius 1 is 1.11 bits per heavy atom. The van der Waals surface area contributed by atoms with Crippen LogP contribution in [0.5, 0.6) is 0 Å². The van der Waals surface area contributed by atoms with E-state index >= 15 is 0 Å². The van der Waals surface area contributed by atoms with E-state index in [2.05, 4.69) is 27.4 Å². The van der Waals surface area contributed by atoms with Crippen LogP contribution in [0.25, 0.3) is 0 Å². The molecule has 0 fully saturated rings. The third-order valence-corrected chi connectivity index (χ3v) is 5.16. The van der Waals surface area contributed by atoms with Gasteiger partial charge in [0.05, 0.1) is 5.92 Å². The summed E-state index contributed by atoms with van der Waals surface area (Å²) in [6.07, 6.45) is 14.0. The van der Waals surface area contributed by atoms with E-state index in [1.54, 1.807) is 12.4 Å². The van der Waals surface area contributed by atoms with Gasteiger partial charge in [-0.15, -0.1) is 0 Å². The molecule has 2 N–H and O–H groups in total. The van der Waals surface area contributed by atoms with Gasteiger partial charge in [0, 0.05) is 30.2 Å². The normalized spacial score (nSPS) is 14.2. The second-order valence-corrected chi connectivity index (χ2v) is 7.21. The number of pyridine rings is 1. The van der Waals surface area contributed by atoms with E-state index in [0.29, 0.717) is 12.0 Å². The van der Waals surface area contributed by atoms with Gasteiger partial charge >= 0.3 is 5.97 Å². The number of carboxylic acid groups (broad SMARTS) is 1. The summed E-state index contributed by atoms with van der Waals surface area (Å²) >= 11 is 0. The highest BCUT2D eigenvalue weighted by Gasteiger charge is 2.19. The van der Waals surface area contributed by atoms with E-state index in [-0.39, 0.29) is 0 Å². The number of rotatable bonds is 10. The molecule has 0 aromatic carbocycles. The van der Waals surface area contributed by atoms with E-state index in [4.69, 9.17) is 4.98 Å². The predicted molar refractivity (Wildman–Crippen MR) is 105 cm³/mol. The molecule has 0 bridgehead atoms. The second-order valence-electron chi connectivity index (χ2n) is 7.21. The fraction of sp³-hybridized carbons (Fsp3) is 0.524. The van der Waals surface area contributed by atoms with Gasteiger partial charge in [-0.1, -0.05) is 31.7 Å². The number of carboxylic acids is 1. The number of anilines is 1. The molecule has 0 radical (unpaired) electrons. The molecule has 3 rings (SSSR count). The van der Waals surface area contributed by atoms with E-state index in [0.717, 1.165) is 63.0 Å². The molecule has 6 heteroatoms. The molecule has 0 saturated carbocycles. The highest BCUT2D eigenvalue weighted by Crippen LogP contribution is 2.23. The summed E-state index contributed by atoms with van der Waals surface area (Å²) < 4.78 is 0. The average Bonchev–Trinajstić information content (AvgIpc) is 2.70. The van der Waals surface area contributed by atoms with Gasteiger partial charge < -0.3 is 10.4 Å². The maximum absolute atomic E-state index is 11.5. The van der Waals surface area contributed by atoms with Crippen LogP contribution in [0.4, 0.5) is 5.82 Å². The van der Waals surface area contributed by atoms with Gasteiger partial charge in [0.1, 0.15) is 12.1 Å².